The molecule has 0 unspecified atom stereocenters. The molecule has 5 heteroatoms. The molecule has 19 heavy (non-hydrogen) atoms. The average Bonchev–Trinajstić information content (AvgIpc) is 3.21. The second kappa shape index (κ2) is 4.87. The molecule has 2 saturated carbocycles. The number of carbonyl (C=O) groups is 1. The molecule has 0 spiro atoms. The molecular weight excluding hydrogens is 240 g/mol. The van der Waals surface area contributed by atoms with Gasteiger partial charge in [-0.25, -0.2) is 0 Å². The van der Waals surface area contributed by atoms with E-state index in [1.165, 1.54) is 19.3 Å². The van der Waals surface area contributed by atoms with Crippen LogP contribution in [-0.4, -0.2) is 34.1 Å². The van der Waals surface area contributed by atoms with Gasteiger partial charge in [0.2, 0.25) is 0 Å². The topological polar surface area (TPSA) is 75.0 Å². The fourth-order valence-corrected chi connectivity index (χ4v) is 3.01. The Morgan fingerprint density at radius 3 is 2.58 bits per heavy atom. The average molecular weight is 262 g/mol. The van der Waals surface area contributed by atoms with Crippen LogP contribution in [0.4, 0.5) is 5.69 Å². The number of nitrogens with two attached hydrogens (primary N) is 1. The van der Waals surface area contributed by atoms with Gasteiger partial charge in [-0.05, 0) is 25.7 Å². The number of anilines is 1. The molecule has 1 heterocycles. The van der Waals surface area contributed by atoms with E-state index >= 15 is 0 Å². The third-order valence-electron chi connectivity index (χ3n) is 4.46. The summed E-state index contributed by atoms with van der Waals surface area (Å²) in [5, 5.41) is 7.10. The molecule has 104 valence electrons. The fourth-order valence-electron chi connectivity index (χ4n) is 3.01. The Kier molecular flexibility index (Phi) is 3.21. The molecule has 0 saturated heterocycles. The van der Waals surface area contributed by atoms with Crippen molar-refractivity contribution >= 4 is 11.6 Å². The summed E-state index contributed by atoms with van der Waals surface area (Å²) in [6, 6.07) is 0.349. The molecule has 2 aliphatic carbocycles. The van der Waals surface area contributed by atoms with Crippen molar-refractivity contribution in [1.82, 2.24) is 15.1 Å². The third kappa shape index (κ3) is 2.33. The molecule has 0 aliphatic heterocycles. The van der Waals surface area contributed by atoms with E-state index in [-0.39, 0.29) is 5.91 Å². The lowest BCUT2D eigenvalue weighted by atomic mass is 9.94. The van der Waals surface area contributed by atoms with Gasteiger partial charge in [0.15, 0.2) is 5.69 Å². The second-order valence-corrected chi connectivity index (χ2v) is 5.88. The highest BCUT2D eigenvalue weighted by Crippen LogP contribution is 2.42. The van der Waals surface area contributed by atoms with Crippen LogP contribution in [0.15, 0.2) is 0 Å². The highest BCUT2D eigenvalue weighted by atomic mass is 16.2. The molecule has 0 bridgehead atoms. The summed E-state index contributed by atoms with van der Waals surface area (Å²) >= 11 is 0. The number of amides is 1. The third-order valence-corrected chi connectivity index (χ3v) is 4.46. The molecule has 0 atom stereocenters. The number of hydrogen-bond donors (Lipinski definition) is 2. The van der Waals surface area contributed by atoms with E-state index in [9.17, 15) is 4.79 Å². The van der Waals surface area contributed by atoms with Gasteiger partial charge in [-0.15, -0.1) is 0 Å². The highest BCUT2D eigenvalue weighted by molar-refractivity contribution is 5.97. The van der Waals surface area contributed by atoms with Crippen LogP contribution in [0, 0.1) is 0 Å². The Labute approximate surface area is 113 Å². The maximum absolute atomic E-state index is 12.5. The largest absolute Gasteiger partial charge is 0.395 e. The number of aromatic amines is 1. The second-order valence-electron chi connectivity index (χ2n) is 5.88. The van der Waals surface area contributed by atoms with Crippen molar-refractivity contribution in [2.24, 2.45) is 0 Å². The molecule has 1 aromatic rings. The van der Waals surface area contributed by atoms with Crippen molar-refractivity contribution in [1.29, 1.82) is 0 Å². The van der Waals surface area contributed by atoms with Crippen molar-refractivity contribution in [3.05, 3.63) is 11.4 Å². The summed E-state index contributed by atoms with van der Waals surface area (Å²) < 4.78 is 0. The SMILES string of the molecule is CN(C(=O)c1n[nH]c(C2CC2)c1N)C1CCCCC1. The lowest BCUT2D eigenvalue weighted by Gasteiger charge is -2.30. The van der Waals surface area contributed by atoms with Crippen LogP contribution in [0.5, 0.6) is 0 Å². The summed E-state index contributed by atoms with van der Waals surface area (Å²) in [5.74, 6) is 0.460. The first-order chi connectivity index (χ1) is 9.18. The Morgan fingerprint density at radius 2 is 1.95 bits per heavy atom. The highest BCUT2D eigenvalue weighted by Gasteiger charge is 2.32. The molecule has 3 rings (SSSR count). The molecular formula is C14H22N4O. The summed E-state index contributed by atoms with van der Waals surface area (Å²) in [6.07, 6.45) is 8.22. The first kappa shape index (κ1) is 12.5. The van der Waals surface area contributed by atoms with Gasteiger partial charge in [-0.2, -0.15) is 5.10 Å². The molecule has 5 nitrogen and oxygen atoms in total. The molecule has 2 fully saturated rings. The van der Waals surface area contributed by atoms with Crippen LogP contribution in [0.3, 0.4) is 0 Å². The zero-order valence-corrected chi connectivity index (χ0v) is 11.5. The Balaban J connectivity index is 1.75. The van der Waals surface area contributed by atoms with Crippen LogP contribution in [0.25, 0.3) is 0 Å². The van der Waals surface area contributed by atoms with E-state index in [2.05, 4.69) is 10.2 Å². The van der Waals surface area contributed by atoms with E-state index in [0.717, 1.165) is 31.4 Å². The van der Waals surface area contributed by atoms with Gasteiger partial charge >= 0.3 is 0 Å². The van der Waals surface area contributed by atoms with Crippen LogP contribution in [0.2, 0.25) is 0 Å². The van der Waals surface area contributed by atoms with Crippen LogP contribution in [-0.2, 0) is 0 Å². The van der Waals surface area contributed by atoms with Gasteiger partial charge in [0, 0.05) is 19.0 Å². The number of hydrogen-bond acceptors (Lipinski definition) is 3. The van der Waals surface area contributed by atoms with E-state index in [0.29, 0.717) is 23.3 Å². The van der Waals surface area contributed by atoms with Crippen LogP contribution in [0.1, 0.15) is 67.0 Å². The minimum absolute atomic E-state index is 0.0347. The Bertz CT molecular complexity index is 472. The normalized spacial score (nSPS) is 20.5. The minimum Gasteiger partial charge on any atom is -0.395 e. The van der Waals surface area contributed by atoms with Crippen LogP contribution >= 0.6 is 0 Å². The van der Waals surface area contributed by atoms with Crippen molar-refractivity contribution in [3.63, 3.8) is 0 Å². The van der Waals surface area contributed by atoms with Gasteiger partial charge in [-0.1, -0.05) is 19.3 Å². The number of nitrogens with zero attached hydrogens (tertiary/aromatic N) is 2. The molecule has 3 N–H and O–H groups in total. The summed E-state index contributed by atoms with van der Waals surface area (Å²) in [6.45, 7) is 0. The van der Waals surface area contributed by atoms with Crippen molar-refractivity contribution < 1.29 is 4.79 Å². The molecule has 0 aromatic carbocycles. The number of nitrogen functional groups attached to an aromatic ring is 1. The van der Waals surface area contributed by atoms with E-state index < -0.39 is 0 Å². The minimum atomic E-state index is -0.0347. The monoisotopic (exact) mass is 262 g/mol. The van der Waals surface area contributed by atoms with E-state index in [4.69, 9.17) is 5.73 Å². The molecule has 2 aliphatic rings. The lowest BCUT2D eigenvalue weighted by molar-refractivity contribution is 0.0691. The number of rotatable bonds is 3. The van der Waals surface area contributed by atoms with Crippen molar-refractivity contribution in [2.45, 2.75) is 56.9 Å². The van der Waals surface area contributed by atoms with E-state index in [1.54, 1.807) is 0 Å². The first-order valence-corrected chi connectivity index (χ1v) is 7.29. The number of nitrogens with one attached hydrogen (secondary N) is 1. The maximum atomic E-state index is 12.5. The van der Waals surface area contributed by atoms with Gasteiger partial charge < -0.3 is 10.6 Å². The van der Waals surface area contributed by atoms with E-state index in [1.807, 2.05) is 11.9 Å². The van der Waals surface area contributed by atoms with Gasteiger partial charge in [0.1, 0.15) is 0 Å². The van der Waals surface area contributed by atoms with Crippen molar-refractivity contribution in [2.75, 3.05) is 12.8 Å². The fraction of sp³-hybridized carbons (Fsp3) is 0.714. The summed E-state index contributed by atoms with van der Waals surface area (Å²) in [5.41, 5.74) is 8.01. The zero-order valence-electron chi connectivity index (χ0n) is 11.5. The Morgan fingerprint density at radius 1 is 1.26 bits per heavy atom. The van der Waals surface area contributed by atoms with Crippen molar-refractivity contribution in [3.8, 4) is 0 Å². The molecule has 1 aromatic heterocycles. The predicted octanol–water partition coefficient (Wildman–Crippen LogP) is 2.27. The smallest absolute Gasteiger partial charge is 0.276 e. The van der Waals surface area contributed by atoms with Gasteiger partial charge in [0.25, 0.3) is 5.91 Å². The maximum Gasteiger partial charge on any atom is 0.276 e. The molecule has 0 radical (unpaired) electrons. The first-order valence-electron chi connectivity index (χ1n) is 7.29. The quantitative estimate of drug-likeness (QED) is 0.877. The Hall–Kier alpha value is -1.52. The lowest BCUT2D eigenvalue weighted by Crippen LogP contribution is -2.38. The predicted molar refractivity (Wildman–Crippen MR) is 73.9 cm³/mol. The van der Waals surface area contributed by atoms with Gasteiger partial charge in [-0.3, -0.25) is 9.89 Å². The zero-order chi connectivity index (χ0) is 13.4. The van der Waals surface area contributed by atoms with Crippen LogP contribution < -0.4 is 5.73 Å². The van der Waals surface area contributed by atoms with Gasteiger partial charge in [0.05, 0.1) is 11.4 Å². The summed E-state index contributed by atoms with van der Waals surface area (Å²) in [4.78, 5) is 14.3. The molecule has 1 amide bonds. The number of aromatic nitrogens is 2. The summed E-state index contributed by atoms with van der Waals surface area (Å²) in [7, 11) is 1.88. The standard InChI is InChI=1S/C14H22N4O/c1-18(10-5-3-2-4-6-10)14(19)13-11(15)12(16-17-13)9-7-8-9/h9-10H,2-8,15H2,1H3,(H,16,17). The number of carbonyl (C=O) groups excluding carboxylic acids is 1. The number of H-pyrrole nitrogens is 1.